The monoisotopic (exact) mass is 297 g/mol. The lowest BCUT2D eigenvalue weighted by Crippen LogP contribution is -2.18. The molecule has 5 nitrogen and oxygen atoms in total. The largest absolute Gasteiger partial charge is 0.288 e. The number of carbonyl (C=O) groups excluding carboxylic acids is 1. The van der Waals surface area contributed by atoms with Gasteiger partial charge in [0.1, 0.15) is 5.82 Å². The second-order valence-corrected chi connectivity index (χ2v) is 7.76. The Labute approximate surface area is 116 Å². The molecule has 2 aromatic rings. The summed E-state index contributed by atoms with van der Waals surface area (Å²) in [5.41, 5.74) is 0.357. The van der Waals surface area contributed by atoms with Crippen LogP contribution in [0.2, 0.25) is 0 Å². The van der Waals surface area contributed by atoms with Crippen LogP contribution in [0.3, 0.4) is 0 Å². The van der Waals surface area contributed by atoms with Gasteiger partial charge in [-0.2, -0.15) is 9.46 Å². The number of halogens is 1. The lowest BCUT2D eigenvalue weighted by atomic mass is 10.1. The number of benzene rings is 1. The Kier molecular flexibility index (Phi) is 3.89. The summed E-state index contributed by atoms with van der Waals surface area (Å²) in [5, 5.41) is 6.51. The van der Waals surface area contributed by atoms with Gasteiger partial charge in [-0.05, 0) is 12.1 Å². The van der Waals surface area contributed by atoms with Crippen LogP contribution in [0.15, 0.2) is 22.7 Å². The predicted molar refractivity (Wildman–Crippen MR) is 76.6 cm³/mol. The summed E-state index contributed by atoms with van der Waals surface area (Å²) in [5.74, 6) is -1.23. The molecule has 7 heteroatoms. The number of H-pyrrole nitrogens is 1. The highest BCUT2D eigenvalue weighted by Gasteiger charge is 2.20. The first kappa shape index (κ1) is 14.6. The first-order valence-corrected chi connectivity index (χ1v) is 8.03. The van der Waals surface area contributed by atoms with Gasteiger partial charge in [0, 0.05) is 16.4 Å². The second-order valence-electron chi connectivity index (χ2n) is 4.68. The molecule has 0 radical (unpaired) electrons. The van der Waals surface area contributed by atoms with Crippen LogP contribution in [0, 0.1) is 5.82 Å². The van der Waals surface area contributed by atoms with Crippen molar-refractivity contribution in [3.63, 3.8) is 0 Å². The van der Waals surface area contributed by atoms with Crippen LogP contribution >= 0.6 is 0 Å². The molecule has 0 aliphatic rings. The van der Waals surface area contributed by atoms with Crippen LogP contribution < -0.4 is 0 Å². The van der Waals surface area contributed by atoms with Crippen molar-refractivity contribution in [1.82, 2.24) is 10.2 Å². The predicted octanol–water partition coefficient (Wildman–Crippen LogP) is 2.74. The zero-order valence-corrected chi connectivity index (χ0v) is 12.3. The Hall–Kier alpha value is -1.76. The summed E-state index contributed by atoms with van der Waals surface area (Å²) in [6, 6.07) is 2.67. The fourth-order valence-corrected chi connectivity index (χ4v) is 3.28. The highest BCUT2D eigenvalue weighted by Crippen LogP contribution is 2.21. The SMILES string of the molecule is CCS(=O)(=NC(=O)c1c(F)ccc2[nH]ncc12)C(C)C. The molecule has 1 heterocycles. The number of aromatic nitrogens is 2. The number of aromatic amines is 1. The van der Waals surface area contributed by atoms with Crippen LogP contribution in [0.4, 0.5) is 4.39 Å². The lowest BCUT2D eigenvalue weighted by molar-refractivity contribution is 0.100. The van der Waals surface area contributed by atoms with Crippen molar-refractivity contribution in [2.24, 2.45) is 4.36 Å². The van der Waals surface area contributed by atoms with E-state index >= 15 is 0 Å². The molecule has 0 saturated carbocycles. The van der Waals surface area contributed by atoms with Crippen LogP contribution in [-0.4, -0.2) is 31.3 Å². The Bertz CT molecular complexity index is 773. The zero-order valence-electron chi connectivity index (χ0n) is 11.5. The van der Waals surface area contributed by atoms with Gasteiger partial charge in [0.05, 0.1) is 27.0 Å². The minimum atomic E-state index is -2.68. The molecule has 1 aromatic carbocycles. The van der Waals surface area contributed by atoms with Gasteiger partial charge in [-0.1, -0.05) is 20.8 Å². The van der Waals surface area contributed by atoms with Gasteiger partial charge in [0.25, 0.3) is 5.91 Å². The lowest BCUT2D eigenvalue weighted by Gasteiger charge is -2.11. The van der Waals surface area contributed by atoms with Gasteiger partial charge < -0.3 is 0 Å². The van der Waals surface area contributed by atoms with Gasteiger partial charge in [0.15, 0.2) is 0 Å². The Morgan fingerprint density at radius 1 is 1.50 bits per heavy atom. The summed E-state index contributed by atoms with van der Waals surface area (Å²) >= 11 is 0. The third kappa shape index (κ3) is 2.45. The number of carbonyl (C=O) groups is 1. The maximum Gasteiger partial charge on any atom is 0.288 e. The Morgan fingerprint density at radius 2 is 2.20 bits per heavy atom. The first-order chi connectivity index (χ1) is 9.39. The molecule has 1 aromatic heterocycles. The van der Waals surface area contributed by atoms with Gasteiger partial charge in [0.2, 0.25) is 0 Å². The maximum absolute atomic E-state index is 13.9. The van der Waals surface area contributed by atoms with E-state index in [-0.39, 0.29) is 16.6 Å². The van der Waals surface area contributed by atoms with Crippen molar-refractivity contribution in [2.75, 3.05) is 5.75 Å². The molecule has 0 saturated heterocycles. The van der Waals surface area contributed by atoms with Crippen molar-refractivity contribution in [1.29, 1.82) is 0 Å². The van der Waals surface area contributed by atoms with Crippen LogP contribution in [0.5, 0.6) is 0 Å². The molecule has 0 aliphatic carbocycles. The summed E-state index contributed by atoms with van der Waals surface area (Å²) in [7, 11) is -2.68. The fourth-order valence-electron chi connectivity index (χ4n) is 1.90. The Morgan fingerprint density at radius 3 is 2.80 bits per heavy atom. The van der Waals surface area contributed by atoms with Crippen LogP contribution in [-0.2, 0) is 9.73 Å². The van der Waals surface area contributed by atoms with Crippen LogP contribution in [0.25, 0.3) is 10.9 Å². The summed E-state index contributed by atoms with van der Waals surface area (Å²) < 4.78 is 30.2. The van der Waals surface area contributed by atoms with E-state index in [9.17, 15) is 13.4 Å². The van der Waals surface area contributed by atoms with E-state index in [2.05, 4.69) is 14.6 Å². The number of amides is 1. The molecule has 1 amide bonds. The molecule has 1 unspecified atom stereocenters. The molecule has 0 spiro atoms. The van der Waals surface area contributed by atoms with Crippen molar-refractivity contribution in [3.8, 4) is 0 Å². The van der Waals surface area contributed by atoms with E-state index in [0.717, 1.165) is 0 Å². The molecular weight excluding hydrogens is 281 g/mol. The average Bonchev–Trinajstić information content (AvgIpc) is 2.85. The smallest absolute Gasteiger partial charge is 0.278 e. The highest BCUT2D eigenvalue weighted by molar-refractivity contribution is 7.94. The summed E-state index contributed by atoms with van der Waals surface area (Å²) in [6.45, 7) is 5.17. The summed E-state index contributed by atoms with van der Waals surface area (Å²) in [4.78, 5) is 12.2. The van der Waals surface area contributed by atoms with Crippen molar-refractivity contribution in [3.05, 3.63) is 29.7 Å². The molecule has 0 aliphatic heterocycles. The quantitative estimate of drug-likeness (QED) is 0.946. The standard InChI is InChI=1S/C13H16FN3O2S/c1-4-20(19,8(2)3)17-13(18)12-9-7-15-16-11(9)6-5-10(12)14/h5-8H,4H2,1-3H3,(H,15,16). The molecule has 108 valence electrons. The Balaban J connectivity index is 2.63. The molecule has 0 fully saturated rings. The third-order valence-corrected chi connectivity index (χ3v) is 5.95. The van der Waals surface area contributed by atoms with Gasteiger partial charge in [-0.3, -0.25) is 9.89 Å². The number of rotatable bonds is 3. The van der Waals surface area contributed by atoms with E-state index in [1.165, 1.54) is 18.3 Å². The van der Waals surface area contributed by atoms with Gasteiger partial charge in [-0.25, -0.2) is 8.60 Å². The minimum absolute atomic E-state index is 0.182. The van der Waals surface area contributed by atoms with Gasteiger partial charge >= 0.3 is 0 Å². The van der Waals surface area contributed by atoms with E-state index in [4.69, 9.17) is 0 Å². The van der Waals surface area contributed by atoms with Gasteiger partial charge in [-0.15, -0.1) is 0 Å². The molecular formula is C13H16FN3O2S. The normalized spacial score (nSPS) is 14.4. The third-order valence-electron chi connectivity index (χ3n) is 3.17. The zero-order chi connectivity index (χ0) is 14.9. The minimum Gasteiger partial charge on any atom is -0.278 e. The number of fused-ring (bicyclic) bond motifs is 1. The van der Waals surface area contributed by atoms with E-state index < -0.39 is 21.5 Å². The number of nitrogens with one attached hydrogen (secondary N) is 1. The number of hydrogen-bond donors (Lipinski definition) is 1. The van der Waals surface area contributed by atoms with Crippen molar-refractivity contribution in [2.45, 2.75) is 26.0 Å². The first-order valence-electron chi connectivity index (χ1n) is 6.28. The topological polar surface area (TPSA) is 75.2 Å². The average molecular weight is 297 g/mol. The van der Waals surface area contributed by atoms with Crippen molar-refractivity contribution >= 4 is 26.5 Å². The molecule has 1 N–H and O–H groups in total. The van der Waals surface area contributed by atoms with E-state index in [1.807, 2.05) is 0 Å². The van der Waals surface area contributed by atoms with Crippen molar-refractivity contribution < 1.29 is 13.4 Å². The number of nitrogens with zero attached hydrogens (tertiary/aromatic N) is 2. The molecule has 1 atom stereocenters. The number of hydrogen-bond acceptors (Lipinski definition) is 3. The summed E-state index contributed by atoms with van der Waals surface area (Å²) in [6.07, 6.45) is 1.37. The molecule has 20 heavy (non-hydrogen) atoms. The second kappa shape index (κ2) is 5.32. The van der Waals surface area contributed by atoms with E-state index in [1.54, 1.807) is 20.8 Å². The van der Waals surface area contributed by atoms with Crippen LogP contribution in [0.1, 0.15) is 31.1 Å². The maximum atomic E-state index is 13.9. The van der Waals surface area contributed by atoms with E-state index in [0.29, 0.717) is 10.9 Å². The fraction of sp³-hybridized carbons (Fsp3) is 0.385. The highest BCUT2D eigenvalue weighted by atomic mass is 32.2. The molecule has 2 rings (SSSR count). The molecule has 0 bridgehead atoms.